The summed E-state index contributed by atoms with van der Waals surface area (Å²) in [5, 5.41) is 4.45. The smallest absolute Gasteiger partial charge is 0.207 e. The van der Waals surface area contributed by atoms with E-state index in [0.717, 1.165) is 43.0 Å². The van der Waals surface area contributed by atoms with Gasteiger partial charge in [0.15, 0.2) is 0 Å². The fourth-order valence-electron chi connectivity index (χ4n) is 2.57. The molecule has 0 fully saturated rings. The molecule has 1 heterocycles. The predicted molar refractivity (Wildman–Crippen MR) is 86.2 cm³/mol. The number of rotatable bonds is 8. The predicted octanol–water partition coefficient (Wildman–Crippen LogP) is 3.46. The Morgan fingerprint density at radius 3 is 2.86 bits per heavy atom. The molecule has 0 atom stereocenters. The molecule has 114 valence electrons. The Labute approximate surface area is 129 Å². The number of aromatic nitrogens is 1. The number of hydrogen-bond acceptors (Lipinski definition) is 2. The highest BCUT2D eigenvalue weighted by Gasteiger charge is 2.14. The SMILES string of the molecule is CCCCc1[nH]c2cc(Cl)c(OC)cc2c1CCNC=O. The molecule has 2 rings (SSSR count). The maximum Gasteiger partial charge on any atom is 0.207 e. The summed E-state index contributed by atoms with van der Waals surface area (Å²) in [4.78, 5) is 13.9. The van der Waals surface area contributed by atoms with E-state index >= 15 is 0 Å². The molecule has 5 heteroatoms. The van der Waals surface area contributed by atoms with E-state index in [9.17, 15) is 4.79 Å². The van der Waals surface area contributed by atoms with Crippen molar-refractivity contribution in [2.24, 2.45) is 0 Å². The number of aryl methyl sites for hydroxylation is 1. The van der Waals surface area contributed by atoms with E-state index in [4.69, 9.17) is 16.3 Å². The Morgan fingerprint density at radius 1 is 1.38 bits per heavy atom. The van der Waals surface area contributed by atoms with Gasteiger partial charge in [0.2, 0.25) is 6.41 Å². The maximum absolute atomic E-state index is 10.4. The monoisotopic (exact) mass is 308 g/mol. The number of halogens is 1. The molecule has 1 aromatic carbocycles. The number of amides is 1. The van der Waals surface area contributed by atoms with E-state index in [1.165, 1.54) is 11.3 Å². The number of aromatic amines is 1. The van der Waals surface area contributed by atoms with Crippen molar-refractivity contribution in [3.05, 3.63) is 28.4 Å². The van der Waals surface area contributed by atoms with Crippen molar-refractivity contribution in [2.45, 2.75) is 32.6 Å². The molecule has 2 N–H and O–H groups in total. The Hall–Kier alpha value is -1.68. The number of unbranched alkanes of at least 4 members (excludes halogenated alkanes) is 1. The van der Waals surface area contributed by atoms with Crippen LogP contribution in [0, 0.1) is 0 Å². The fourth-order valence-corrected chi connectivity index (χ4v) is 2.81. The number of benzene rings is 1. The summed E-state index contributed by atoms with van der Waals surface area (Å²) in [6, 6.07) is 3.88. The summed E-state index contributed by atoms with van der Waals surface area (Å²) in [6.45, 7) is 2.80. The Morgan fingerprint density at radius 2 is 2.19 bits per heavy atom. The lowest BCUT2D eigenvalue weighted by atomic mass is 10.0. The van der Waals surface area contributed by atoms with Crippen molar-refractivity contribution in [1.82, 2.24) is 10.3 Å². The summed E-state index contributed by atoms with van der Waals surface area (Å²) >= 11 is 6.19. The van der Waals surface area contributed by atoms with E-state index in [-0.39, 0.29) is 0 Å². The van der Waals surface area contributed by atoms with Crippen LogP contribution in [0.3, 0.4) is 0 Å². The van der Waals surface area contributed by atoms with Crippen molar-refractivity contribution in [2.75, 3.05) is 13.7 Å². The number of carbonyl (C=O) groups is 1. The van der Waals surface area contributed by atoms with Crippen LogP contribution in [0.2, 0.25) is 5.02 Å². The molecule has 0 saturated heterocycles. The molecule has 0 aliphatic rings. The third-order valence-electron chi connectivity index (χ3n) is 3.65. The lowest BCUT2D eigenvalue weighted by Crippen LogP contribution is -2.14. The summed E-state index contributed by atoms with van der Waals surface area (Å²) in [5.74, 6) is 0.676. The minimum atomic E-state index is 0.603. The highest BCUT2D eigenvalue weighted by Crippen LogP contribution is 2.33. The molecule has 1 aromatic heterocycles. The highest BCUT2D eigenvalue weighted by molar-refractivity contribution is 6.32. The van der Waals surface area contributed by atoms with Gasteiger partial charge in [0, 0.05) is 23.1 Å². The van der Waals surface area contributed by atoms with Crippen LogP contribution in [0.5, 0.6) is 5.75 Å². The van der Waals surface area contributed by atoms with Gasteiger partial charge in [-0.05, 0) is 37.0 Å². The van der Waals surface area contributed by atoms with E-state index in [1.807, 2.05) is 12.1 Å². The summed E-state index contributed by atoms with van der Waals surface area (Å²) in [6.07, 6.45) is 4.80. The van der Waals surface area contributed by atoms with Crippen molar-refractivity contribution >= 4 is 28.9 Å². The second kappa shape index (κ2) is 7.36. The number of ether oxygens (including phenoxy) is 1. The standard InChI is InChI=1S/C16H21ClN2O2/c1-3-4-5-14-11(6-7-18-10-20)12-8-16(21-2)13(17)9-15(12)19-14/h8-10,19H,3-7H2,1-2H3,(H,18,20). The molecule has 0 aliphatic heterocycles. The number of nitrogens with one attached hydrogen (secondary N) is 2. The molecule has 0 spiro atoms. The first kappa shape index (κ1) is 15.7. The highest BCUT2D eigenvalue weighted by atomic mass is 35.5. The third kappa shape index (κ3) is 3.50. The molecule has 21 heavy (non-hydrogen) atoms. The lowest BCUT2D eigenvalue weighted by Gasteiger charge is -2.06. The summed E-state index contributed by atoms with van der Waals surface area (Å²) in [5.41, 5.74) is 3.49. The van der Waals surface area contributed by atoms with Gasteiger partial charge in [-0.2, -0.15) is 0 Å². The molecular weight excluding hydrogens is 288 g/mol. The van der Waals surface area contributed by atoms with Crippen molar-refractivity contribution in [1.29, 1.82) is 0 Å². The maximum atomic E-state index is 10.4. The normalized spacial score (nSPS) is 10.8. The largest absolute Gasteiger partial charge is 0.495 e. The molecule has 1 amide bonds. The molecule has 0 aliphatic carbocycles. The third-order valence-corrected chi connectivity index (χ3v) is 3.95. The molecule has 0 bridgehead atoms. The van der Waals surface area contributed by atoms with E-state index in [0.29, 0.717) is 17.3 Å². The number of H-pyrrole nitrogens is 1. The van der Waals surface area contributed by atoms with Crippen LogP contribution in [-0.2, 0) is 17.6 Å². The van der Waals surface area contributed by atoms with Crippen molar-refractivity contribution in [3.63, 3.8) is 0 Å². The van der Waals surface area contributed by atoms with Gasteiger partial charge in [-0.3, -0.25) is 4.79 Å². The topological polar surface area (TPSA) is 54.1 Å². The number of carbonyl (C=O) groups excluding carboxylic acids is 1. The second-order valence-electron chi connectivity index (χ2n) is 5.04. The minimum absolute atomic E-state index is 0.603. The van der Waals surface area contributed by atoms with Gasteiger partial charge in [-0.1, -0.05) is 24.9 Å². The average Bonchev–Trinajstić information content (AvgIpc) is 2.81. The Bertz CT molecular complexity index is 622. The van der Waals surface area contributed by atoms with Crippen LogP contribution < -0.4 is 10.1 Å². The van der Waals surface area contributed by atoms with Crippen LogP contribution in [-0.4, -0.2) is 25.0 Å². The number of fused-ring (bicyclic) bond motifs is 1. The molecule has 0 radical (unpaired) electrons. The molecule has 0 saturated carbocycles. The van der Waals surface area contributed by atoms with Crippen molar-refractivity contribution < 1.29 is 9.53 Å². The van der Waals surface area contributed by atoms with E-state index < -0.39 is 0 Å². The van der Waals surface area contributed by atoms with Crippen molar-refractivity contribution in [3.8, 4) is 5.75 Å². The van der Waals surface area contributed by atoms with Gasteiger partial charge in [0.1, 0.15) is 5.75 Å². The summed E-state index contributed by atoms with van der Waals surface area (Å²) in [7, 11) is 1.62. The number of hydrogen-bond donors (Lipinski definition) is 2. The van der Waals surface area contributed by atoms with Crippen LogP contribution in [0.1, 0.15) is 31.0 Å². The zero-order chi connectivity index (χ0) is 15.2. The first-order valence-corrected chi connectivity index (χ1v) is 7.63. The van der Waals surface area contributed by atoms with Gasteiger partial charge in [0.25, 0.3) is 0 Å². The fraction of sp³-hybridized carbons (Fsp3) is 0.438. The van der Waals surface area contributed by atoms with Crippen LogP contribution in [0.15, 0.2) is 12.1 Å². The first-order valence-electron chi connectivity index (χ1n) is 7.25. The van der Waals surface area contributed by atoms with Gasteiger partial charge >= 0.3 is 0 Å². The molecule has 4 nitrogen and oxygen atoms in total. The Balaban J connectivity index is 2.43. The number of methoxy groups -OCH3 is 1. The van der Waals surface area contributed by atoms with E-state index in [2.05, 4.69) is 17.2 Å². The van der Waals surface area contributed by atoms with Gasteiger partial charge in [-0.15, -0.1) is 0 Å². The molecule has 0 unspecified atom stereocenters. The van der Waals surface area contributed by atoms with Crippen LogP contribution >= 0.6 is 11.6 Å². The lowest BCUT2D eigenvalue weighted by molar-refractivity contribution is -0.109. The van der Waals surface area contributed by atoms with Crippen LogP contribution in [0.4, 0.5) is 0 Å². The summed E-state index contributed by atoms with van der Waals surface area (Å²) < 4.78 is 5.31. The van der Waals surface area contributed by atoms with E-state index in [1.54, 1.807) is 7.11 Å². The first-order chi connectivity index (χ1) is 10.2. The molecular formula is C16H21ClN2O2. The van der Waals surface area contributed by atoms with Gasteiger partial charge in [0.05, 0.1) is 12.1 Å². The Kier molecular flexibility index (Phi) is 5.51. The molecule has 2 aromatic rings. The second-order valence-corrected chi connectivity index (χ2v) is 5.45. The zero-order valence-corrected chi connectivity index (χ0v) is 13.2. The average molecular weight is 309 g/mol. The van der Waals surface area contributed by atoms with Gasteiger partial charge < -0.3 is 15.0 Å². The quantitative estimate of drug-likeness (QED) is 0.579. The van der Waals surface area contributed by atoms with Crippen LogP contribution in [0.25, 0.3) is 10.9 Å². The van der Waals surface area contributed by atoms with Gasteiger partial charge in [-0.25, -0.2) is 0 Å². The minimum Gasteiger partial charge on any atom is -0.495 e. The zero-order valence-electron chi connectivity index (χ0n) is 12.5.